The van der Waals surface area contributed by atoms with Crippen LogP contribution >= 0.6 is 11.6 Å². The highest BCUT2D eigenvalue weighted by Gasteiger charge is 2.46. The lowest BCUT2D eigenvalue weighted by Gasteiger charge is -2.26. The number of hydrogen-bond donors (Lipinski definition) is 2. The molecular weight excluding hydrogens is 422 g/mol. The van der Waals surface area contributed by atoms with E-state index in [1.807, 2.05) is 6.92 Å². The first kappa shape index (κ1) is 22.8. The number of halogens is 1. The van der Waals surface area contributed by atoms with E-state index in [1.165, 1.54) is 4.90 Å². The Labute approximate surface area is 185 Å². The molecule has 1 fully saturated rings. The number of likely N-dealkylation sites (tertiary alicyclic amines) is 1. The molecule has 1 unspecified atom stereocenters. The van der Waals surface area contributed by atoms with Gasteiger partial charge >= 0.3 is 0 Å². The number of nitrogens with zero attached hydrogens (tertiary/aromatic N) is 1. The normalized spacial score (nSPS) is 17.9. The third-order valence-corrected chi connectivity index (χ3v) is 5.23. The first-order valence-electron chi connectivity index (χ1n) is 9.94. The number of rotatable bonds is 9. The van der Waals surface area contributed by atoms with Crippen LogP contribution in [-0.2, 0) is 14.3 Å². The molecule has 0 saturated carbocycles. The number of Topliss-reactive ketones (excluding diaryl/α,β-unsaturated/α-hetero) is 1. The minimum Gasteiger partial charge on any atom is -0.507 e. The van der Waals surface area contributed by atoms with E-state index in [4.69, 9.17) is 26.2 Å². The predicted molar refractivity (Wildman–Crippen MR) is 116 cm³/mol. The Morgan fingerprint density at radius 1 is 1.10 bits per heavy atom. The van der Waals surface area contributed by atoms with Crippen molar-refractivity contribution in [2.24, 2.45) is 0 Å². The zero-order valence-electron chi connectivity index (χ0n) is 17.1. The zero-order chi connectivity index (χ0) is 22.4. The van der Waals surface area contributed by atoms with Gasteiger partial charge in [-0.2, -0.15) is 0 Å². The Bertz CT molecular complexity index is 972. The van der Waals surface area contributed by atoms with Crippen LogP contribution in [0.1, 0.15) is 24.1 Å². The van der Waals surface area contributed by atoms with E-state index < -0.39 is 17.7 Å². The van der Waals surface area contributed by atoms with Crippen molar-refractivity contribution in [3.63, 3.8) is 0 Å². The molecule has 1 aliphatic heterocycles. The molecule has 1 amide bonds. The molecule has 1 atom stereocenters. The second kappa shape index (κ2) is 10.4. The van der Waals surface area contributed by atoms with Gasteiger partial charge < -0.3 is 24.6 Å². The van der Waals surface area contributed by atoms with Gasteiger partial charge in [-0.15, -0.1) is 0 Å². The third kappa shape index (κ3) is 4.90. The third-order valence-electron chi connectivity index (χ3n) is 4.89. The van der Waals surface area contributed by atoms with Gasteiger partial charge in [-0.1, -0.05) is 29.8 Å². The molecule has 7 nitrogen and oxygen atoms in total. The molecule has 164 valence electrons. The second-order valence-electron chi connectivity index (χ2n) is 6.81. The first-order valence-corrected chi connectivity index (χ1v) is 10.3. The first-order chi connectivity index (χ1) is 15.0. The minimum atomic E-state index is -0.863. The summed E-state index contributed by atoms with van der Waals surface area (Å²) in [6.45, 7) is 2.56. The lowest BCUT2D eigenvalue weighted by molar-refractivity contribution is -0.140. The molecule has 0 radical (unpaired) electrons. The van der Waals surface area contributed by atoms with E-state index in [0.29, 0.717) is 28.5 Å². The van der Waals surface area contributed by atoms with Gasteiger partial charge in [0.15, 0.2) is 0 Å². The van der Waals surface area contributed by atoms with Crippen molar-refractivity contribution in [3.8, 4) is 5.75 Å². The SMILES string of the molecule is CCOc1ccc(/C(O)=C2/C(=O)C(=O)N(CCOCCO)C2c2ccccc2Cl)cc1. The summed E-state index contributed by atoms with van der Waals surface area (Å²) in [7, 11) is 0. The number of hydrogen-bond acceptors (Lipinski definition) is 6. The van der Waals surface area contributed by atoms with Crippen molar-refractivity contribution in [3.05, 3.63) is 70.3 Å². The largest absolute Gasteiger partial charge is 0.507 e. The maximum absolute atomic E-state index is 12.9. The number of aliphatic hydroxyl groups is 2. The van der Waals surface area contributed by atoms with Gasteiger partial charge in [0.25, 0.3) is 11.7 Å². The van der Waals surface area contributed by atoms with E-state index >= 15 is 0 Å². The van der Waals surface area contributed by atoms with Crippen LogP contribution in [0.2, 0.25) is 5.02 Å². The smallest absolute Gasteiger partial charge is 0.295 e. The van der Waals surface area contributed by atoms with Gasteiger partial charge in [0, 0.05) is 17.1 Å². The second-order valence-corrected chi connectivity index (χ2v) is 7.21. The summed E-state index contributed by atoms with van der Waals surface area (Å²) < 4.78 is 10.7. The van der Waals surface area contributed by atoms with Crippen LogP contribution in [0.15, 0.2) is 54.1 Å². The summed E-state index contributed by atoms with van der Waals surface area (Å²) in [6, 6.07) is 12.6. The van der Waals surface area contributed by atoms with Gasteiger partial charge in [0.05, 0.1) is 38.0 Å². The molecule has 1 aliphatic rings. The van der Waals surface area contributed by atoms with Gasteiger partial charge in [0.1, 0.15) is 11.5 Å². The Balaban J connectivity index is 2.05. The van der Waals surface area contributed by atoms with Crippen molar-refractivity contribution in [1.29, 1.82) is 0 Å². The lowest BCUT2D eigenvalue weighted by Crippen LogP contribution is -2.33. The highest BCUT2D eigenvalue weighted by atomic mass is 35.5. The molecular formula is C23H24ClNO6. The maximum Gasteiger partial charge on any atom is 0.295 e. The molecule has 2 aromatic rings. The van der Waals surface area contributed by atoms with Crippen molar-refractivity contribution in [2.75, 3.05) is 33.0 Å². The van der Waals surface area contributed by atoms with E-state index in [1.54, 1.807) is 48.5 Å². The number of ketones is 1. The van der Waals surface area contributed by atoms with Crippen LogP contribution < -0.4 is 4.74 Å². The van der Waals surface area contributed by atoms with Gasteiger partial charge in [-0.25, -0.2) is 0 Å². The van der Waals surface area contributed by atoms with Gasteiger partial charge in [0.2, 0.25) is 0 Å². The van der Waals surface area contributed by atoms with Crippen LogP contribution in [0, 0.1) is 0 Å². The summed E-state index contributed by atoms with van der Waals surface area (Å²) in [5.74, 6) is -1.20. The number of benzene rings is 2. The Morgan fingerprint density at radius 2 is 1.81 bits per heavy atom. The topological polar surface area (TPSA) is 96.3 Å². The maximum atomic E-state index is 12.9. The highest BCUT2D eigenvalue weighted by Crippen LogP contribution is 2.41. The van der Waals surface area contributed by atoms with E-state index in [2.05, 4.69) is 0 Å². The lowest BCUT2D eigenvalue weighted by atomic mass is 9.95. The standard InChI is InChI=1S/C23H24ClNO6/c1-2-31-16-9-7-15(8-10-16)21(27)19-20(17-5-3-4-6-18(17)24)25(23(29)22(19)28)11-13-30-14-12-26/h3-10,20,26-27H,2,11-14H2,1H3/b21-19-. The number of carbonyl (C=O) groups is 2. The van der Waals surface area contributed by atoms with E-state index in [0.717, 1.165) is 0 Å². The van der Waals surface area contributed by atoms with Gasteiger partial charge in [-0.05, 0) is 42.8 Å². The van der Waals surface area contributed by atoms with E-state index in [9.17, 15) is 14.7 Å². The minimum absolute atomic E-state index is 0.0376. The molecule has 1 saturated heterocycles. The molecule has 0 spiro atoms. The van der Waals surface area contributed by atoms with Crippen LogP contribution in [0.25, 0.3) is 5.76 Å². The molecule has 3 rings (SSSR count). The van der Waals surface area contributed by atoms with Crippen LogP contribution in [0.3, 0.4) is 0 Å². The Morgan fingerprint density at radius 3 is 2.45 bits per heavy atom. The quantitative estimate of drug-likeness (QED) is 0.266. The predicted octanol–water partition coefficient (Wildman–Crippen LogP) is 3.17. The Hall–Kier alpha value is -2.87. The number of aliphatic hydroxyl groups excluding tert-OH is 2. The summed E-state index contributed by atoms with van der Waals surface area (Å²) in [4.78, 5) is 27.1. The fourth-order valence-electron chi connectivity index (χ4n) is 3.49. The van der Waals surface area contributed by atoms with Crippen LogP contribution in [0.4, 0.5) is 0 Å². The fourth-order valence-corrected chi connectivity index (χ4v) is 3.73. The Kier molecular flexibility index (Phi) is 7.68. The number of carbonyl (C=O) groups excluding carboxylic acids is 2. The van der Waals surface area contributed by atoms with Crippen molar-refractivity contribution in [1.82, 2.24) is 4.90 Å². The average molecular weight is 446 g/mol. The van der Waals surface area contributed by atoms with Gasteiger partial charge in [-0.3, -0.25) is 9.59 Å². The molecule has 31 heavy (non-hydrogen) atoms. The monoisotopic (exact) mass is 445 g/mol. The summed E-state index contributed by atoms with van der Waals surface area (Å²) in [6.07, 6.45) is 0. The van der Waals surface area contributed by atoms with Crippen LogP contribution in [-0.4, -0.2) is 59.8 Å². The highest BCUT2D eigenvalue weighted by molar-refractivity contribution is 6.47. The molecule has 2 N–H and O–H groups in total. The molecule has 0 aliphatic carbocycles. The molecule has 8 heteroatoms. The summed E-state index contributed by atoms with van der Waals surface area (Å²) in [5.41, 5.74) is 0.873. The molecule has 0 aromatic heterocycles. The van der Waals surface area contributed by atoms with Crippen LogP contribution in [0.5, 0.6) is 5.75 Å². The fraction of sp³-hybridized carbons (Fsp3) is 0.304. The average Bonchev–Trinajstić information content (AvgIpc) is 3.02. The molecule has 2 aromatic carbocycles. The van der Waals surface area contributed by atoms with Crippen molar-refractivity contribution < 1.29 is 29.3 Å². The number of amides is 1. The van der Waals surface area contributed by atoms with Crippen molar-refractivity contribution >= 4 is 29.1 Å². The molecule has 1 heterocycles. The zero-order valence-corrected chi connectivity index (χ0v) is 17.8. The van der Waals surface area contributed by atoms with E-state index in [-0.39, 0.29) is 37.7 Å². The summed E-state index contributed by atoms with van der Waals surface area (Å²) in [5, 5.41) is 20.3. The summed E-state index contributed by atoms with van der Waals surface area (Å²) >= 11 is 6.39. The van der Waals surface area contributed by atoms with Crippen molar-refractivity contribution in [2.45, 2.75) is 13.0 Å². The molecule has 0 bridgehead atoms. The number of ether oxygens (including phenoxy) is 2.